The number of nitrogens with zero attached hydrogens (tertiary/aromatic N) is 1. The fourth-order valence-electron chi connectivity index (χ4n) is 1.65. The predicted octanol–water partition coefficient (Wildman–Crippen LogP) is 2.91. The normalized spacial score (nSPS) is 12.6. The van der Waals surface area contributed by atoms with Crippen LogP contribution in [-0.2, 0) is 0 Å². The van der Waals surface area contributed by atoms with E-state index in [1.807, 2.05) is 13.8 Å². The Morgan fingerprint density at radius 3 is 2.60 bits per heavy atom. The van der Waals surface area contributed by atoms with Crippen molar-refractivity contribution in [3.63, 3.8) is 0 Å². The lowest BCUT2D eigenvalue weighted by Gasteiger charge is -2.11. The maximum absolute atomic E-state index is 5.14. The average Bonchev–Trinajstić information content (AvgIpc) is 2.45. The van der Waals surface area contributed by atoms with Crippen molar-refractivity contribution in [2.24, 2.45) is 0 Å². The molecule has 0 amide bonds. The minimum atomic E-state index is 0.284. The van der Waals surface area contributed by atoms with E-state index in [9.17, 15) is 0 Å². The summed E-state index contributed by atoms with van der Waals surface area (Å²) < 4.78 is 5.14. The van der Waals surface area contributed by atoms with E-state index in [1.165, 1.54) is 11.1 Å². The van der Waals surface area contributed by atoms with Crippen LogP contribution >= 0.6 is 0 Å². The number of aromatic nitrogens is 1. The Morgan fingerprint density at radius 2 is 2.13 bits per heavy atom. The van der Waals surface area contributed by atoms with E-state index in [1.54, 1.807) is 0 Å². The van der Waals surface area contributed by atoms with Crippen LogP contribution in [-0.4, -0.2) is 11.7 Å². The van der Waals surface area contributed by atoms with E-state index in [4.69, 9.17) is 4.52 Å². The maximum atomic E-state index is 5.14. The van der Waals surface area contributed by atoms with Crippen LogP contribution < -0.4 is 5.32 Å². The Labute approximate surface area is 91.5 Å². The third kappa shape index (κ3) is 3.20. The smallest absolute Gasteiger partial charge is 0.138 e. The summed E-state index contributed by atoms with van der Waals surface area (Å²) in [6.45, 7) is 11.1. The van der Waals surface area contributed by atoms with Gasteiger partial charge in [-0.2, -0.15) is 0 Å². The number of rotatable bonds is 4. The number of hydrogen-bond donors (Lipinski definition) is 1. The van der Waals surface area contributed by atoms with Crippen LogP contribution in [0.2, 0.25) is 0 Å². The Bertz CT molecular complexity index is 329. The van der Waals surface area contributed by atoms with E-state index in [0.717, 1.165) is 18.0 Å². The summed E-state index contributed by atoms with van der Waals surface area (Å²) in [4.78, 5) is 0. The molecule has 3 nitrogen and oxygen atoms in total. The zero-order valence-electron chi connectivity index (χ0n) is 10.2. The fourth-order valence-corrected chi connectivity index (χ4v) is 1.65. The van der Waals surface area contributed by atoms with Crippen LogP contribution in [0.15, 0.2) is 16.2 Å². The summed E-state index contributed by atoms with van der Waals surface area (Å²) in [7, 11) is 0. The fraction of sp³-hybridized carbons (Fsp3) is 0.583. The van der Waals surface area contributed by atoms with Crippen molar-refractivity contribution in [3.8, 4) is 0 Å². The molecule has 1 heterocycles. The van der Waals surface area contributed by atoms with Crippen LogP contribution in [0.4, 0.5) is 0 Å². The highest BCUT2D eigenvalue weighted by Gasteiger charge is 2.14. The summed E-state index contributed by atoms with van der Waals surface area (Å²) in [6.07, 6.45) is 2.18. The average molecular weight is 208 g/mol. The molecule has 1 aromatic heterocycles. The van der Waals surface area contributed by atoms with Crippen molar-refractivity contribution < 1.29 is 4.52 Å². The van der Waals surface area contributed by atoms with E-state index in [2.05, 4.69) is 37.3 Å². The summed E-state index contributed by atoms with van der Waals surface area (Å²) >= 11 is 0. The Balaban J connectivity index is 2.61. The van der Waals surface area contributed by atoms with Gasteiger partial charge in [0.15, 0.2) is 0 Å². The summed E-state index contributed by atoms with van der Waals surface area (Å²) in [6, 6.07) is 0.284. The lowest BCUT2D eigenvalue weighted by Crippen LogP contribution is -2.19. The molecule has 1 N–H and O–H groups in total. The van der Waals surface area contributed by atoms with Gasteiger partial charge in [-0.1, -0.05) is 16.8 Å². The van der Waals surface area contributed by atoms with Crippen molar-refractivity contribution in [3.05, 3.63) is 28.7 Å². The minimum Gasteiger partial charge on any atom is -0.361 e. The number of aryl methyl sites for hydroxylation is 2. The van der Waals surface area contributed by atoms with E-state index >= 15 is 0 Å². The third-order valence-electron chi connectivity index (χ3n) is 2.46. The van der Waals surface area contributed by atoms with Gasteiger partial charge in [0.2, 0.25) is 0 Å². The molecule has 0 aromatic carbocycles. The molecule has 1 rings (SSSR count). The van der Waals surface area contributed by atoms with Gasteiger partial charge in [0.05, 0.1) is 5.69 Å². The van der Waals surface area contributed by atoms with Gasteiger partial charge in [-0.3, -0.25) is 0 Å². The molecule has 0 saturated heterocycles. The minimum absolute atomic E-state index is 0.284. The highest BCUT2D eigenvalue weighted by atomic mass is 16.5. The SMILES string of the molecule is CC(C)=CCNC(C)c1c(C)noc1C. The van der Waals surface area contributed by atoms with Gasteiger partial charge in [-0.05, 0) is 34.6 Å². The second-order valence-electron chi connectivity index (χ2n) is 4.15. The van der Waals surface area contributed by atoms with E-state index < -0.39 is 0 Å². The third-order valence-corrected chi connectivity index (χ3v) is 2.46. The largest absolute Gasteiger partial charge is 0.361 e. The van der Waals surface area contributed by atoms with Crippen LogP contribution in [0.3, 0.4) is 0 Å². The molecule has 84 valence electrons. The van der Waals surface area contributed by atoms with E-state index in [0.29, 0.717) is 0 Å². The van der Waals surface area contributed by atoms with Crippen molar-refractivity contribution in [2.45, 2.75) is 40.7 Å². The standard InChI is InChI=1S/C12H20N2O/c1-8(2)6-7-13-9(3)12-10(4)14-15-11(12)5/h6,9,13H,7H2,1-5H3. The number of nitrogens with one attached hydrogen (secondary N) is 1. The van der Waals surface area contributed by atoms with Crippen molar-refractivity contribution in [1.82, 2.24) is 10.5 Å². The Hall–Kier alpha value is -1.09. The monoisotopic (exact) mass is 208 g/mol. The first-order valence-electron chi connectivity index (χ1n) is 5.32. The van der Waals surface area contributed by atoms with Crippen LogP contribution in [0.5, 0.6) is 0 Å². The quantitative estimate of drug-likeness (QED) is 0.773. The van der Waals surface area contributed by atoms with Gasteiger partial charge < -0.3 is 9.84 Å². The molecule has 0 fully saturated rings. The molecular formula is C12H20N2O. The molecule has 3 heteroatoms. The van der Waals surface area contributed by atoms with Gasteiger partial charge in [0.1, 0.15) is 5.76 Å². The van der Waals surface area contributed by atoms with Gasteiger partial charge in [0, 0.05) is 18.2 Å². The molecule has 0 aliphatic carbocycles. The van der Waals surface area contributed by atoms with Gasteiger partial charge in [0.25, 0.3) is 0 Å². The first kappa shape index (κ1) is 12.0. The zero-order chi connectivity index (χ0) is 11.4. The van der Waals surface area contributed by atoms with Gasteiger partial charge in [-0.25, -0.2) is 0 Å². The van der Waals surface area contributed by atoms with Crippen molar-refractivity contribution >= 4 is 0 Å². The lowest BCUT2D eigenvalue weighted by molar-refractivity contribution is 0.391. The highest BCUT2D eigenvalue weighted by molar-refractivity contribution is 5.24. The molecule has 1 atom stereocenters. The topological polar surface area (TPSA) is 38.1 Å². The molecule has 0 aliphatic heterocycles. The van der Waals surface area contributed by atoms with E-state index in [-0.39, 0.29) is 6.04 Å². The van der Waals surface area contributed by atoms with Crippen LogP contribution in [0.25, 0.3) is 0 Å². The molecule has 1 unspecified atom stereocenters. The molecule has 0 spiro atoms. The maximum Gasteiger partial charge on any atom is 0.138 e. The molecular weight excluding hydrogens is 188 g/mol. The summed E-state index contributed by atoms with van der Waals surface area (Å²) in [5.41, 5.74) is 3.48. The first-order valence-corrected chi connectivity index (χ1v) is 5.32. The second kappa shape index (κ2) is 5.12. The molecule has 1 aromatic rings. The predicted molar refractivity (Wildman–Crippen MR) is 61.8 cm³/mol. The summed E-state index contributed by atoms with van der Waals surface area (Å²) in [5.74, 6) is 0.907. The highest BCUT2D eigenvalue weighted by Crippen LogP contribution is 2.20. The Kier molecular flexibility index (Phi) is 4.09. The van der Waals surface area contributed by atoms with Crippen LogP contribution in [0, 0.1) is 13.8 Å². The Morgan fingerprint density at radius 1 is 1.47 bits per heavy atom. The van der Waals surface area contributed by atoms with Crippen LogP contribution in [0.1, 0.15) is 43.8 Å². The summed E-state index contributed by atoms with van der Waals surface area (Å²) in [5, 5.41) is 7.37. The molecule has 0 radical (unpaired) electrons. The first-order chi connectivity index (χ1) is 7.02. The van der Waals surface area contributed by atoms with Gasteiger partial charge >= 0.3 is 0 Å². The zero-order valence-corrected chi connectivity index (χ0v) is 10.2. The van der Waals surface area contributed by atoms with Crippen molar-refractivity contribution in [2.75, 3.05) is 6.54 Å². The van der Waals surface area contributed by atoms with Crippen molar-refractivity contribution in [1.29, 1.82) is 0 Å². The molecule has 0 saturated carbocycles. The second-order valence-corrected chi connectivity index (χ2v) is 4.15. The van der Waals surface area contributed by atoms with Gasteiger partial charge in [-0.15, -0.1) is 0 Å². The molecule has 15 heavy (non-hydrogen) atoms. The number of hydrogen-bond acceptors (Lipinski definition) is 3. The molecule has 0 bridgehead atoms. The molecule has 0 aliphatic rings. The lowest BCUT2D eigenvalue weighted by atomic mass is 10.1. The number of allylic oxidation sites excluding steroid dienone is 1.